The molecule has 0 aromatic heterocycles. The van der Waals surface area contributed by atoms with E-state index >= 15 is 0 Å². The van der Waals surface area contributed by atoms with E-state index in [0.29, 0.717) is 0 Å². The highest BCUT2D eigenvalue weighted by atomic mass is 14.1. The van der Waals surface area contributed by atoms with Crippen molar-refractivity contribution in [3.8, 4) is 22.3 Å². The summed E-state index contributed by atoms with van der Waals surface area (Å²) in [4.78, 5) is 0. The number of benzene rings is 6. The van der Waals surface area contributed by atoms with Crippen LogP contribution >= 0.6 is 0 Å². The molecule has 0 unspecified atom stereocenters. The Labute approximate surface area is 219 Å². The lowest BCUT2D eigenvalue weighted by atomic mass is 9.92. The highest BCUT2D eigenvalue weighted by molar-refractivity contribution is 6.04. The molecule has 0 aliphatic rings. The average molecular weight is 475 g/mol. The normalized spacial score (nSPS) is 10.5. The second kappa shape index (κ2) is 11.4. The van der Waals surface area contributed by atoms with Gasteiger partial charge >= 0.3 is 0 Å². The first-order valence-electron chi connectivity index (χ1n) is 12.7. The number of fused-ring (bicyclic) bond motifs is 2. The third-order valence-corrected chi connectivity index (χ3v) is 6.68. The first-order chi connectivity index (χ1) is 18.3. The fourth-order valence-electron chi connectivity index (χ4n) is 4.88. The van der Waals surface area contributed by atoms with Gasteiger partial charge in [0.25, 0.3) is 0 Å². The van der Waals surface area contributed by atoms with Gasteiger partial charge in [0.1, 0.15) is 0 Å². The molecule has 0 radical (unpaired) electrons. The highest BCUT2D eigenvalue weighted by Gasteiger charge is 2.08. The molecule has 0 saturated heterocycles. The summed E-state index contributed by atoms with van der Waals surface area (Å²) in [5.74, 6) is 0. The van der Waals surface area contributed by atoms with Crippen LogP contribution in [0.15, 0.2) is 153 Å². The van der Waals surface area contributed by atoms with Crippen LogP contribution in [-0.4, -0.2) is 0 Å². The lowest BCUT2D eigenvalue weighted by Crippen LogP contribution is -1.86. The van der Waals surface area contributed by atoms with Crippen molar-refractivity contribution in [2.75, 3.05) is 0 Å². The Morgan fingerprint density at radius 3 is 1.70 bits per heavy atom. The number of hydrogen-bond donors (Lipinski definition) is 0. The molecule has 0 atom stereocenters. The molecule has 6 rings (SSSR count). The van der Waals surface area contributed by atoms with Gasteiger partial charge in [-0.05, 0) is 73.5 Å². The molecule has 0 saturated carbocycles. The summed E-state index contributed by atoms with van der Waals surface area (Å²) in [6.07, 6.45) is 4.84. The lowest BCUT2D eigenvalue weighted by molar-refractivity contribution is 1.28. The Kier molecular flexibility index (Phi) is 7.39. The predicted octanol–water partition coefficient (Wildman–Crippen LogP) is 10.4. The molecule has 6 aromatic carbocycles. The van der Waals surface area contributed by atoms with Crippen LogP contribution in [0.25, 0.3) is 49.9 Å². The molecule has 0 fully saturated rings. The first-order valence-corrected chi connectivity index (χ1v) is 12.7. The molecule has 0 aliphatic carbocycles. The van der Waals surface area contributed by atoms with Crippen LogP contribution in [0.4, 0.5) is 0 Å². The lowest BCUT2D eigenvalue weighted by Gasteiger charge is -2.11. The number of hydrogen-bond acceptors (Lipinski definition) is 0. The Morgan fingerprint density at radius 2 is 1.05 bits per heavy atom. The molecule has 178 valence electrons. The topological polar surface area (TPSA) is 0 Å². The van der Waals surface area contributed by atoms with Crippen LogP contribution in [-0.2, 0) is 6.42 Å². The third kappa shape index (κ3) is 5.29. The van der Waals surface area contributed by atoms with Gasteiger partial charge in [-0.2, -0.15) is 0 Å². The van der Waals surface area contributed by atoms with E-state index in [0.717, 1.165) is 6.42 Å². The standard InChI is InChI=1S/C22H16.C15H14/c1-2-20-21(16-8-4-3-5-9-16)13-12-19-14-17-10-6-7-11-18(17)15-22(19)20;1-2-8-13-11-6-7-12-15(13)14-9-4-3-5-10-14/h2-15H,1H2;2-7,9-12H,1,8H2. The van der Waals surface area contributed by atoms with E-state index in [4.69, 9.17) is 0 Å². The van der Waals surface area contributed by atoms with Gasteiger partial charge in [-0.3, -0.25) is 0 Å². The maximum atomic E-state index is 4.05. The smallest absolute Gasteiger partial charge is 0.00940 e. The van der Waals surface area contributed by atoms with E-state index in [1.807, 2.05) is 24.3 Å². The van der Waals surface area contributed by atoms with Gasteiger partial charge in [-0.1, -0.05) is 140 Å². The van der Waals surface area contributed by atoms with Crippen molar-refractivity contribution in [3.05, 3.63) is 164 Å². The van der Waals surface area contributed by atoms with Crippen molar-refractivity contribution in [2.45, 2.75) is 6.42 Å². The second-order valence-corrected chi connectivity index (χ2v) is 9.03. The van der Waals surface area contributed by atoms with Gasteiger partial charge in [-0.15, -0.1) is 6.58 Å². The summed E-state index contributed by atoms with van der Waals surface area (Å²) in [6.45, 7) is 7.84. The summed E-state index contributed by atoms with van der Waals surface area (Å²) in [5, 5.41) is 5.06. The zero-order chi connectivity index (χ0) is 25.5. The maximum absolute atomic E-state index is 4.05. The average Bonchev–Trinajstić information content (AvgIpc) is 2.97. The van der Waals surface area contributed by atoms with Gasteiger partial charge in [0.15, 0.2) is 0 Å². The van der Waals surface area contributed by atoms with Gasteiger partial charge in [0.05, 0.1) is 0 Å². The van der Waals surface area contributed by atoms with E-state index in [1.165, 1.54) is 54.9 Å². The summed E-state index contributed by atoms with van der Waals surface area (Å²) in [6, 6.07) is 46.9. The molecule has 0 spiro atoms. The highest BCUT2D eigenvalue weighted by Crippen LogP contribution is 2.33. The zero-order valence-electron chi connectivity index (χ0n) is 21.0. The van der Waals surface area contributed by atoms with E-state index in [2.05, 4.69) is 134 Å². The van der Waals surface area contributed by atoms with Crippen molar-refractivity contribution in [3.63, 3.8) is 0 Å². The van der Waals surface area contributed by atoms with Crippen LogP contribution in [0.5, 0.6) is 0 Å². The zero-order valence-corrected chi connectivity index (χ0v) is 21.0. The fourth-order valence-corrected chi connectivity index (χ4v) is 4.88. The third-order valence-electron chi connectivity index (χ3n) is 6.68. The Morgan fingerprint density at radius 1 is 0.486 bits per heavy atom. The van der Waals surface area contributed by atoms with Gasteiger partial charge < -0.3 is 0 Å². The van der Waals surface area contributed by atoms with Crippen LogP contribution in [0.1, 0.15) is 11.1 Å². The SMILES string of the molecule is C=CCc1ccccc1-c1ccccc1.C=Cc1c(-c2ccccc2)ccc2cc3ccccc3cc12. The molecule has 0 amide bonds. The van der Waals surface area contributed by atoms with E-state index in [1.54, 1.807) is 0 Å². The summed E-state index contributed by atoms with van der Waals surface area (Å²) in [5.41, 5.74) is 7.58. The predicted molar refractivity (Wildman–Crippen MR) is 163 cm³/mol. The monoisotopic (exact) mass is 474 g/mol. The molecule has 6 aromatic rings. The second-order valence-electron chi connectivity index (χ2n) is 9.03. The molecule has 0 aliphatic heterocycles. The van der Waals surface area contributed by atoms with Crippen molar-refractivity contribution in [2.24, 2.45) is 0 Å². The number of rotatable bonds is 5. The Bertz CT molecular complexity index is 1660. The van der Waals surface area contributed by atoms with Gasteiger partial charge in [0, 0.05) is 0 Å². The molecule has 0 N–H and O–H groups in total. The summed E-state index contributed by atoms with van der Waals surface area (Å²) in [7, 11) is 0. The minimum atomic E-state index is 0.922. The molecular weight excluding hydrogens is 444 g/mol. The summed E-state index contributed by atoms with van der Waals surface area (Å²) < 4.78 is 0. The van der Waals surface area contributed by atoms with Crippen LogP contribution in [0.3, 0.4) is 0 Å². The van der Waals surface area contributed by atoms with Crippen molar-refractivity contribution < 1.29 is 0 Å². The minimum Gasteiger partial charge on any atom is -0.103 e. The van der Waals surface area contributed by atoms with Crippen molar-refractivity contribution in [1.82, 2.24) is 0 Å². The molecule has 37 heavy (non-hydrogen) atoms. The van der Waals surface area contributed by atoms with Crippen LogP contribution in [0, 0.1) is 0 Å². The van der Waals surface area contributed by atoms with Crippen LogP contribution < -0.4 is 0 Å². The molecule has 0 heteroatoms. The van der Waals surface area contributed by atoms with Crippen molar-refractivity contribution >= 4 is 27.6 Å². The minimum absolute atomic E-state index is 0.922. The van der Waals surface area contributed by atoms with E-state index in [-0.39, 0.29) is 0 Å². The van der Waals surface area contributed by atoms with E-state index in [9.17, 15) is 0 Å². The molecule has 0 heterocycles. The molecule has 0 nitrogen and oxygen atoms in total. The molecule has 0 bridgehead atoms. The van der Waals surface area contributed by atoms with E-state index < -0.39 is 0 Å². The Hall–Kier alpha value is -4.68. The van der Waals surface area contributed by atoms with Gasteiger partial charge in [-0.25, -0.2) is 0 Å². The number of allylic oxidation sites excluding steroid dienone is 1. The van der Waals surface area contributed by atoms with Crippen molar-refractivity contribution in [1.29, 1.82) is 0 Å². The maximum Gasteiger partial charge on any atom is -0.00940 e. The largest absolute Gasteiger partial charge is 0.103 e. The molecular formula is C37H30. The first kappa shape index (κ1) is 24.0. The summed E-state index contributed by atoms with van der Waals surface area (Å²) >= 11 is 0. The fraction of sp³-hybridized carbons (Fsp3) is 0.0270. The Balaban J connectivity index is 0.000000164. The van der Waals surface area contributed by atoms with Gasteiger partial charge in [0.2, 0.25) is 0 Å². The quantitative estimate of drug-likeness (QED) is 0.172. The van der Waals surface area contributed by atoms with Crippen LogP contribution in [0.2, 0.25) is 0 Å².